The summed E-state index contributed by atoms with van der Waals surface area (Å²) >= 11 is 0. The predicted molar refractivity (Wildman–Crippen MR) is 260 cm³/mol. The van der Waals surface area contributed by atoms with E-state index in [2.05, 4.69) is 46.9 Å². The van der Waals surface area contributed by atoms with Gasteiger partial charge in [0.1, 0.15) is 35.7 Å². The topological polar surface area (TPSA) is 222 Å². The molecule has 1 saturated carbocycles. The number of ether oxygens (including phenoxy) is 3. The molecule has 6 rings (SSSR count). The first-order chi connectivity index (χ1) is 32.0. The van der Waals surface area contributed by atoms with Crippen molar-refractivity contribution in [1.82, 2.24) is 16.0 Å². The highest BCUT2D eigenvalue weighted by molar-refractivity contribution is 6.10. The van der Waals surface area contributed by atoms with Crippen molar-refractivity contribution in [3.63, 3.8) is 0 Å². The maximum atomic E-state index is 14.2. The summed E-state index contributed by atoms with van der Waals surface area (Å²) in [5, 5.41) is 12.6. The molecule has 0 saturated heterocycles. The fraction of sp³-hybridized carbons (Fsp3) is 0.404. The van der Waals surface area contributed by atoms with Crippen molar-refractivity contribution in [2.45, 2.75) is 102 Å². The molecule has 3 amide bonds. The van der Waals surface area contributed by atoms with Crippen molar-refractivity contribution in [2.75, 3.05) is 26.3 Å². The van der Waals surface area contributed by atoms with Crippen LogP contribution < -0.4 is 42.6 Å². The first-order valence-electron chi connectivity index (χ1n) is 23.2. The quantitative estimate of drug-likeness (QED) is 0.0165. The number of nitrogens with zero attached hydrogens (tertiary/aromatic N) is 1. The number of hydrogen-bond acceptors (Lipinski definition) is 9. The molecule has 14 nitrogen and oxygen atoms in total. The van der Waals surface area contributed by atoms with Gasteiger partial charge in [-0.05, 0) is 103 Å². The van der Waals surface area contributed by atoms with Crippen LogP contribution in [0.1, 0.15) is 83.6 Å². The van der Waals surface area contributed by atoms with Crippen LogP contribution in [0.3, 0.4) is 0 Å². The van der Waals surface area contributed by atoms with Crippen LogP contribution in [0, 0.1) is 5.92 Å². The molecular weight excluding hydrogens is 835 g/mol. The van der Waals surface area contributed by atoms with Gasteiger partial charge in [0.25, 0.3) is 5.91 Å². The second kappa shape index (κ2) is 24.0. The van der Waals surface area contributed by atoms with Crippen LogP contribution in [0.5, 0.6) is 11.5 Å². The van der Waals surface area contributed by atoms with Crippen LogP contribution in [0.15, 0.2) is 108 Å². The number of fused-ring (bicyclic) bond motifs is 2. The molecule has 0 aliphatic heterocycles. The number of benzene rings is 5. The summed E-state index contributed by atoms with van der Waals surface area (Å²) in [5.41, 5.74) is 18.2. The summed E-state index contributed by atoms with van der Waals surface area (Å²) in [6.07, 6.45) is 4.98. The molecule has 1 aliphatic rings. The van der Waals surface area contributed by atoms with Gasteiger partial charge in [-0.2, -0.15) is 0 Å². The second-order valence-corrected chi connectivity index (χ2v) is 17.4. The summed E-state index contributed by atoms with van der Waals surface area (Å²) in [4.78, 5) is 60.1. The zero-order valence-corrected chi connectivity index (χ0v) is 38.2. The fourth-order valence-corrected chi connectivity index (χ4v) is 8.39. The van der Waals surface area contributed by atoms with Crippen LogP contribution in [0.4, 0.5) is 0 Å². The maximum Gasteiger partial charge on any atom is 0.332 e. The van der Waals surface area contributed by atoms with E-state index in [-0.39, 0.29) is 32.0 Å². The van der Waals surface area contributed by atoms with E-state index in [4.69, 9.17) is 31.4 Å². The molecule has 0 bridgehead atoms. The summed E-state index contributed by atoms with van der Waals surface area (Å²) in [7, 11) is 0. The lowest BCUT2D eigenvalue weighted by molar-refractivity contribution is -0.155. The molecule has 350 valence electrons. The number of rotatable bonds is 24. The number of aliphatic imine (C=N–C) groups is 1. The number of hydrogen-bond donors (Lipinski definition) is 6. The van der Waals surface area contributed by atoms with E-state index >= 15 is 0 Å². The van der Waals surface area contributed by atoms with Crippen LogP contribution in [0.25, 0.3) is 32.7 Å². The SMILES string of the molecule is CC(C)CCOc1ccc2ccccc2c1-c1c(OCC(=O)N[C@H](CCCCN)C(=O)N[C@H](CCCN=C(N)N)C(=O)NC2(C(=O)OCc3ccccc3)CCCC2)ccc2ccccc12. The van der Waals surface area contributed by atoms with Gasteiger partial charge >= 0.3 is 5.97 Å². The molecule has 0 heterocycles. The van der Waals surface area contributed by atoms with Gasteiger partial charge in [0.2, 0.25) is 11.8 Å². The van der Waals surface area contributed by atoms with Gasteiger partial charge in [-0.15, -0.1) is 0 Å². The van der Waals surface area contributed by atoms with Crippen molar-refractivity contribution in [2.24, 2.45) is 28.1 Å². The van der Waals surface area contributed by atoms with Crippen LogP contribution >= 0.6 is 0 Å². The van der Waals surface area contributed by atoms with Gasteiger partial charge in [-0.1, -0.05) is 118 Å². The van der Waals surface area contributed by atoms with Crippen molar-refractivity contribution in [3.8, 4) is 22.6 Å². The Morgan fingerprint density at radius 1 is 0.682 bits per heavy atom. The monoisotopic (exact) mass is 899 g/mol. The van der Waals surface area contributed by atoms with E-state index < -0.39 is 47.9 Å². The summed E-state index contributed by atoms with van der Waals surface area (Å²) in [6, 6.07) is 31.1. The van der Waals surface area contributed by atoms with E-state index in [9.17, 15) is 19.2 Å². The first-order valence-corrected chi connectivity index (χ1v) is 23.2. The average Bonchev–Trinajstić information content (AvgIpc) is 3.80. The van der Waals surface area contributed by atoms with E-state index in [1.54, 1.807) is 0 Å². The third-order valence-corrected chi connectivity index (χ3v) is 11.9. The largest absolute Gasteiger partial charge is 0.493 e. The minimum atomic E-state index is -1.25. The normalized spacial score (nSPS) is 14.0. The van der Waals surface area contributed by atoms with Gasteiger partial charge in [-0.3, -0.25) is 19.4 Å². The number of carbonyl (C=O) groups is 4. The molecule has 9 N–H and O–H groups in total. The number of carbonyl (C=O) groups excluding carboxylic acids is 4. The Labute approximate surface area is 387 Å². The smallest absolute Gasteiger partial charge is 0.332 e. The van der Waals surface area contributed by atoms with Crippen LogP contribution in [-0.4, -0.2) is 73.6 Å². The third-order valence-electron chi connectivity index (χ3n) is 11.9. The number of amides is 3. The molecule has 0 unspecified atom stereocenters. The Morgan fingerprint density at radius 2 is 1.27 bits per heavy atom. The summed E-state index contributed by atoms with van der Waals surface area (Å²) < 4.78 is 18.6. The molecule has 1 aliphatic carbocycles. The van der Waals surface area contributed by atoms with E-state index in [0.29, 0.717) is 62.7 Å². The lowest BCUT2D eigenvalue weighted by atomic mass is 9.92. The van der Waals surface area contributed by atoms with Gasteiger partial charge < -0.3 is 47.4 Å². The van der Waals surface area contributed by atoms with Crippen molar-refractivity contribution < 1.29 is 33.4 Å². The molecule has 66 heavy (non-hydrogen) atoms. The number of unbranched alkanes of at least 4 members (excludes halogenated alkanes) is 1. The van der Waals surface area contributed by atoms with Gasteiger partial charge in [-0.25, -0.2) is 4.79 Å². The highest BCUT2D eigenvalue weighted by Gasteiger charge is 2.45. The predicted octanol–water partition coefficient (Wildman–Crippen LogP) is 6.79. The van der Waals surface area contributed by atoms with E-state index in [1.165, 1.54) is 0 Å². The fourth-order valence-electron chi connectivity index (χ4n) is 8.39. The molecule has 0 aromatic heterocycles. The number of guanidine groups is 1. The van der Waals surface area contributed by atoms with Crippen molar-refractivity contribution >= 4 is 51.2 Å². The molecule has 14 heteroatoms. The number of nitrogens with two attached hydrogens (primary N) is 3. The Kier molecular flexibility index (Phi) is 17.8. The summed E-state index contributed by atoms with van der Waals surface area (Å²) in [6.45, 7) is 5.10. The summed E-state index contributed by atoms with van der Waals surface area (Å²) in [5.74, 6) is -0.650. The Hall–Kier alpha value is -6.67. The zero-order valence-electron chi connectivity index (χ0n) is 38.2. The van der Waals surface area contributed by atoms with Crippen molar-refractivity contribution in [1.29, 1.82) is 0 Å². The lowest BCUT2D eigenvalue weighted by Gasteiger charge is -2.31. The molecule has 2 atom stereocenters. The molecule has 5 aromatic rings. The molecule has 1 fully saturated rings. The number of esters is 1. The molecule has 5 aromatic carbocycles. The highest BCUT2D eigenvalue weighted by Crippen LogP contribution is 2.45. The van der Waals surface area contributed by atoms with Gasteiger partial charge in [0.05, 0.1) is 6.61 Å². The zero-order chi connectivity index (χ0) is 46.9. The third kappa shape index (κ3) is 13.2. The minimum Gasteiger partial charge on any atom is -0.493 e. The second-order valence-electron chi connectivity index (χ2n) is 17.4. The molecular formula is C52H65N7O7. The Balaban J connectivity index is 1.22. The standard InChI is InChI=1S/C52H65N7O7/c1-35(2)27-32-64-43-25-23-37-17-6-8-19-39(37)46(43)47-40-20-9-7-18-38(40)24-26-44(47)65-34-45(60)57-41(21-10-13-30-53)48(61)58-42(22-14-31-56-51(54)55)49(62)59-52(28-11-12-29-52)50(63)66-33-36-15-4-3-5-16-36/h3-9,15-20,23-26,35,41-42H,10-14,21-22,27-34,53H2,1-2H3,(H,57,60)(H,58,61)(H,59,62)(H4,54,55,56)/t41-,42-/m1/s1. The van der Waals surface area contributed by atoms with E-state index in [1.807, 2.05) is 91.0 Å². The van der Waals surface area contributed by atoms with Gasteiger partial charge in [0.15, 0.2) is 12.6 Å². The van der Waals surface area contributed by atoms with E-state index in [0.717, 1.165) is 57.5 Å². The number of nitrogens with one attached hydrogen (secondary N) is 3. The Morgan fingerprint density at radius 3 is 1.89 bits per heavy atom. The van der Waals surface area contributed by atoms with Crippen LogP contribution in [0.2, 0.25) is 0 Å². The highest BCUT2D eigenvalue weighted by atomic mass is 16.5. The minimum absolute atomic E-state index is 0.0586. The van der Waals surface area contributed by atoms with Crippen LogP contribution in [-0.2, 0) is 30.5 Å². The first kappa shape index (κ1) is 48.8. The molecule has 0 radical (unpaired) electrons. The molecule has 0 spiro atoms. The Bertz CT molecular complexity index is 2450. The average molecular weight is 900 g/mol. The lowest BCUT2D eigenvalue weighted by Crippen LogP contribution is -2.60. The van der Waals surface area contributed by atoms with Gasteiger partial charge in [0, 0.05) is 17.7 Å². The maximum absolute atomic E-state index is 14.2. The van der Waals surface area contributed by atoms with Crippen molar-refractivity contribution in [3.05, 3.63) is 109 Å².